The molecular formula is C16H23NO. The van der Waals surface area contributed by atoms with Crippen molar-refractivity contribution in [2.45, 2.75) is 50.0 Å². The van der Waals surface area contributed by atoms with E-state index in [4.69, 9.17) is 0 Å². The molecule has 0 amide bonds. The second-order valence-electron chi connectivity index (χ2n) is 5.86. The summed E-state index contributed by atoms with van der Waals surface area (Å²) in [6.07, 6.45) is 5.45. The van der Waals surface area contributed by atoms with E-state index in [1.165, 1.54) is 17.5 Å². The Bertz CT molecular complexity index is 373. The highest BCUT2D eigenvalue weighted by Gasteiger charge is 2.21. The Balaban J connectivity index is 1.67. The van der Waals surface area contributed by atoms with Gasteiger partial charge in [-0.2, -0.15) is 0 Å². The van der Waals surface area contributed by atoms with Crippen LogP contribution in [0, 0.1) is 0 Å². The molecule has 2 aliphatic rings. The van der Waals surface area contributed by atoms with Gasteiger partial charge in [0.2, 0.25) is 0 Å². The van der Waals surface area contributed by atoms with Crippen molar-refractivity contribution in [3.05, 3.63) is 35.4 Å². The van der Waals surface area contributed by atoms with Crippen LogP contribution in [0.2, 0.25) is 0 Å². The van der Waals surface area contributed by atoms with E-state index in [-0.39, 0.29) is 6.10 Å². The van der Waals surface area contributed by atoms with E-state index < -0.39 is 0 Å². The number of benzene rings is 1. The van der Waals surface area contributed by atoms with Gasteiger partial charge in [-0.3, -0.25) is 0 Å². The van der Waals surface area contributed by atoms with Crippen LogP contribution in [0.5, 0.6) is 0 Å². The minimum absolute atomic E-state index is 0.0508. The fourth-order valence-electron chi connectivity index (χ4n) is 3.39. The van der Waals surface area contributed by atoms with Gasteiger partial charge >= 0.3 is 0 Å². The highest BCUT2D eigenvalue weighted by molar-refractivity contribution is 5.28. The summed E-state index contributed by atoms with van der Waals surface area (Å²) in [5.41, 5.74) is 2.95. The summed E-state index contributed by atoms with van der Waals surface area (Å²) in [5, 5.41) is 13.0. The first-order valence-electron chi connectivity index (χ1n) is 7.31. The zero-order valence-corrected chi connectivity index (χ0v) is 10.9. The molecule has 1 unspecified atom stereocenters. The lowest BCUT2D eigenvalue weighted by atomic mass is 9.82. The van der Waals surface area contributed by atoms with Crippen molar-refractivity contribution in [3.63, 3.8) is 0 Å². The SMILES string of the molecule is OC1CCC(c2ccc(C3CCNC3)cc2)CC1. The quantitative estimate of drug-likeness (QED) is 0.839. The van der Waals surface area contributed by atoms with Crippen molar-refractivity contribution < 1.29 is 5.11 Å². The van der Waals surface area contributed by atoms with Crippen LogP contribution in [0.3, 0.4) is 0 Å². The molecule has 1 aliphatic carbocycles. The van der Waals surface area contributed by atoms with Crippen LogP contribution >= 0.6 is 0 Å². The van der Waals surface area contributed by atoms with Crippen LogP contribution in [0.4, 0.5) is 0 Å². The number of hydrogen-bond acceptors (Lipinski definition) is 2. The third-order valence-corrected chi connectivity index (χ3v) is 4.64. The van der Waals surface area contributed by atoms with E-state index in [1.54, 1.807) is 0 Å². The molecule has 98 valence electrons. The molecule has 0 aromatic heterocycles. The molecule has 0 spiro atoms. The average molecular weight is 245 g/mol. The van der Waals surface area contributed by atoms with Crippen molar-refractivity contribution in [3.8, 4) is 0 Å². The topological polar surface area (TPSA) is 32.3 Å². The first-order valence-corrected chi connectivity index (χ1v) is 7.31. The summed E-state index contributed by atoms with van der Waals surface area (Å²) in [6, 6.07) is 9.27. The molecule has 18 heavy (non-hydrogen) atoms. The van der Waals surface area contributed by atoms with Crippen LogP contribution in [-0.4, -0.2) is 24.3 Å². The van der Waals surface area contributed by atoms with Crippen LogP contribution < -0.4 is 5.32 Å². The van der Waals surface area contributed by atoms with Gasteiger partial charge in [-0.1, -0.05) is 24.3 Å². The number of aliphatic hydroxyl groups is 1. The smallest absolute Gasteiger partial charge is 0.0540 e. The van der Waals surface area contributed by atoms with Gasteiger partial charge in [0.1, 0.15) is 0 Å². The molecule has 2 heteroatoms. The minimum Gasteiger partial charge on any atom is -0.393 e. The normalized spacial score (nSPS) is 32.6. The summed E-state index contributed by atoms with van der Waals surface area (Å²) < 4.78 is 0. The number of aliphatic hydroxyl groups excluding tert-OH is 1. The molecule has 1 aromatic rings. The molecule has 2 N–H and O–H groups in total. The summed E-state index contributed by atoms with van der Waals surface area (Å²) >= 11 is 0. The Morgan fingerprint density at radius 1 is 0.833 bits per heavy atom. The minimum atomic E-state index is -0.0508. The van der Waals surface area contributed by atoms with Crippen LogP contribution in [0.25, 0.3) is 0 Å². The highest BCUT2D eigenvalue weighted by atomic mass is 16.3. The predicted molar refractivity (Wildman–Crippen MR) is 73.9 cm³/mol. The lowest BCUT2D eigenvalue weighted by Crippen LogP contribution is -2.17. The Morgan fingerprint density at radius 3 is 2.00 bits per heavy atom. The van der Waals surface area contributed by atoms with Crippen molar-refractivity contribution in [2.24, 2.45) is 0 Å². The molecule has 0 bridgehead atoms. The molecule has 1 heterocycles. The Kier molecular flexibility index (Phi) is 3.67. The van der Waals surface area contributed by atoms with E-state index in [2.05, 4.69) is 29.6 Å². The lowest BCUT2D eigenvalue weighted by Gasteiger charge is -2.26. The maximum absolute atomic E-state index is 9.55. The van der Waals surface area contributed by atoms with Gasteiger partial charge in [-0.25, -0.2) is 0 Å². The third-order valence-electron chi connectivity index (χ3n) is 4.64. The largest absolute Gasteiger partial charge is 0.393 e. The molecule has 2 fully saturated rings. The monoisotopic (exact) mass is 245 g/mol. The number of hydrogen-bond donors (Lipinski definition) is 2. The van der Waals surface area contributed by atoms with Gasteiger partial charge in [0, 0.05) is 6.54 Å². The van der Waals surface area contributed by atoms with Gasteiger partial charge in [-0.15, -0.1) is 0 Å². The van der Waals surface area contributed by atoms with Gasteiger partial charge in [0.25, 0.3) is 0 Å². The van der Waals surface area contributed by atoms with E-state index in [0.717, 1.165) is 38.8 Å². The van der Waals surface area contributed by atoms with Crippen molar-refractivity contribution in [2.75, 3.05) is 13.1 Å². The van der Waals surface area contributed by atoms with Crippen LogP contribution in [0.15, 0.2) is 24.3 Å². The molecule has 3 rings (SSSR count). The molecule has 1 atom stereocenters. The maximum Gasteiger partial charge on any atom is 0.0540 e. The summed E-state index contributed by atoms with van der Waals surface area (Å²) in [5.74, 6) is 1.39. The third kappa shape index (κ3) is 2.60. The molecule has 1 saturated heterocycles. The first kappa shape index (κ1) is 12.2. The molecule has 2 nitrogen and oxygen atoms in total. The molecule has 1 aliphatic heterocycles. The van der Waals surface area contributed by atoms with Crippen LogP contribution in [0.1, 0.15) is 55.1 Å². The van der Waals surface area contributed by atoms with Crippen LogP contribution in [-0.2, 0) is 0 Å². The molecule has 1 saturated carbocycles. The standard InChI is InChI=1S/C16H23NO/c18-16-7-5-13(6-8-16)12-1-3-14(4-2-12)15-9-10-17-11-15/h1-4,13,15-18H,5-11H2. The Hall–Kier alpha value is -0.860. The summed E-state index contributed by atoms with van der Waals surface area (Å²) in [6.45, 7) is 2.29. The molecular weight excluding hydrogens is 222 g/mol. The second-order valence-corrected chi connectivity index (χ2v) is 5.86. The average Bonchev–Trinajstić information content (AvgIpc) is 2.94. The molecule has 1 aromatic carbocycles. The van der Waals surface area contributed by atoms with E-state index in [0.29, 0.717) is 11.8 Å². The summed E-state index contributed by atoms with van der Waals surface area (Å²) in [4.78, 5) is 0. The van der Waals surface area contributed by atoms with E-state index in [9.17, 15) is 5.11 Å². The number of nitrogens with one attached hydrogen (secondary N) is 1. The first-order chi connectivity index (χ1) is 8.83. The maximum atomic E-state index is 9.55. The fourth-order valence-corrected chi connectivity index (χ4v) is 3.39. The van der Waals surface area contributed by atoms with Crippen molar-refractivity contribution >= 4 is 0 Å². The summed E-state index contributed by atoms with van der Waals surface area (Å²) in [7, 11) is 0. The zero-order valence-electron chi connectivity index (χ0n) is 10.9. The highest BCUT2D eigenvalue weighted by Crippen LogP contribution is 2.33. The van der Waals surface area contributed by atoms with Crippen molar-refractivity contribution in [1.29, 1.82) is 0 Å². The van der Waals surface area contributed by atoms with Crippen molar-refractivity contribution in [1.82, 2.24) is 5.32 Å². The fraction of sp³-hybridized carbons (Fsp3) is 0.625. The van der Waals surface area contributed by atoms with Gasteiger partial charge < -0.3 is 10.4 Å². The molecule has 0 radical (unpaired) electrons. The van der Waals surface area contributed by atoms with E-state index >= 15 is 0 Å². The Labute approximate surface area is 109 Å². The predicted octanol–water partition coefficient (Wildman–Crippen LogP) is 2.78. The van der Waals surface area contributed by atoms with E-state index in [1.807, 2.05) is 0 Å². The lowest BCUT2D eigenvalue weighted by molar-refractivity contribution is 0.122. The Morgan fingerprint density at radius 2 is 1.44 bits per heavy atom. The number of rotatable bonds is 2. The van der Waals surface area contributed by atoms with Gasteiger partial charge in [0.05, 0.1) is 6.10 Å². The van der Waals surface area contributed by atoms with Gasteiger partial charge in [-0.05, 0) is 61.6 Å². The van der Waals surface area contributed by atoms with Gasteiger partial charge in [0.15, 0.2) is 0 Å². The second kappa shape index (κ2) is 5.41. The zero-order chi connectivity index (χ0) is 12.4.